The van der Waals surface area contributed by atoms with Gasteiger partial charge in [-0.1, -0.05) is 0 Å². The number of hydrogen-bond acceptors (Lipinski definition) is 3. The van der Waals surface area contributed by atoms with Crippen molar-refractivity contribution in [2.45, 2.75) is 39.2 Å². The second kappa shape index (κ2) is 8.72. The Balaban J connectivity index is 0.00000256. The standard InChI is InChI=1S/C12H24N2O2.ClH/c1-3-16-9-11-6-7-14(8-11)12(15)5-4-10(2)13;/h10-11H,3-9,13H2,1-2H3;1H. The highest BCUT2D eigenvalue weighted by Gasteiger charge is 2.25. The van der Waals surface area contributed by atoms with Crippen molar-refractivity contribution in [2.24, 2.45) is 11.7 Å². The van der Waals surface area contributed by atoms with Crippen LogP contribution in [0.4, 0.5) is 0 Å². The number of nitrogens with zero attached hydrogens (tertiary/aromatic N) is 1. The molecule has 0 aromatic carbocycles. The maximum atomic E-state index is 11.8. The van der Waals surface area contributed by atoms with Crippen molar-refractivity contribution in [1.82, 2.24) is 4.90 Å². The minimum Gasteiger partial charge on any atom is -0.381 e. The zero-order valence-electron chi connectivity index (χ0n) is 10.9. The van der Waals surface area contributed by atoms with Gasteiger partial charge in [-0.05, 0) is 26.7 Å². The molecule has 2 unspecified atom stereocenters. The summed E-state index contributed by atoms with van der Waals surface area (Å²) in [6.45, 7) is 7.23. The summed E-state index contributed by atoms with van der Waals surface area (Å²) in [5.41, 5.74) is 5.64. The second-order valence-corrected chi connectivity index (χ2v) is 4.67. The van der Waals surface area contributed by atoms with Crippen LogP contribution in [-0.4, -0.2) is 43.2 Å². The molecule has 1 rings (SSSR count). The summed E-state index contributed by atoms with van der Waals surface area (Å²) in [6.07, 6.45) is 2.44. The number of hydrogen-bond donors (Lipinski definition) is 1. The van der Waals surface area contributed by atoms with E-state index in [2.05, 4.69) is 0 Å². The monoisotopic (exact) mass is 264 g/mol. The highest BCUT2D eigenvalue weighted by molar-refractivity contribution is 5.85. The van der Waals surface area contributed by atoms with Crippen molar-refractivity contribution in [3.63, 3.8) is 0 Å². The van der Waals surface area contributed by atoms with Gasteiger partial charge in [0.2, 0.25) is 5.91 Å². The molecule has 0 aliphatic carbocycles. The minimum atomic E-state index is 0. The van der Waals surface area contributed by atoms with Crippen molar-refractivity contribution in [3.8, 4) is 0 Å². The van der Waals surface area contributed by atoms with Crippen LogP contribution in [0.3, 0.4) is 0 Å². The summed E-state index contributed by atoms with van der Waals surface area (Å²) in [5.74, 6) is 0.774. The van der Waals surface area contributed by atoms with Crippen LogP contribution in [0.15, 0.2) is 0 Å². The Labute approximate surface area is 110 Å². The highest BCUT2D eigenvalue weighted by Crippen LogP contribution is 2.17. The maximum absolute atomic E-state index is 11.8. The van der Waals surface area contributed by atoms with E-state index in [1.54, 1.807) is 0 Å². The van der Waals surface area contributed by atoms with E-state index in [0.717, 1.165) is 39.1 Å². The van der Waals surface area contributed by atoms with Gasteiger partial charge in [0.1, 0.15) is 0 Å². The van der Waals surface area contributed by atoms with Gasteiger partial charge in [0.25, 0.3) is 0 Å². The molecular formula is C12H25ClN2O2. The van der Waals surface area contributed by atoms with Gasteiger partial charge >= 0.3 is 0 Å². The van der Waals surface area contributed by atoms with Crippen LogP contribution in [0.2, 0.25) is 0 Å². The molecule has 1 heterocycles. The summed E-state index contributed by atoms with van der Waals surface area (Å²) in [6, 6.07) is 0.116. The largest absolute Gasteiger partial charge is 0.381 e. The molecule has 1 saturated heterocycles. The normalized spacial score (nSPS) is 21.1. The van der Waals surface area contributed by atoms with E-state index < -0.39 is 0 Å². The number of carbonyl (C=O) groups excluding carboxylic acids is 1. The number of nitrogens with two attached hydrogens (primary N) is 1. The Bertz CT molecular complexity index is 225. The third-order valence-electron chi connectivity index (χ3n) is 3.01. The molecule has 5 heteroatoms. The molecule has 0 aromatic heterocycles. The molecule has 1 aliphatic heterocycles. The van der Waals surface area contributed by atoms with E-state index in [-0.39, 0.29) is 24.4 Å². The maximum Gasteiger partial charge on any atom is 0.222 e. The molecule has 0 spiro atoms. The van der Waals surface area contributed by atoms with Crippen LogP contribution in [0.1, 0.15) is 33.1 Å². The lowest BCUT2D eigenvalue weighted by Crippen LogP contribution is -2.30. The van der Waals surface area contributed by atoms with E-state index in [9.17, 15) is 4.79 Å². The molecule has 1 aliphatic rings. The van der Waals surface area contributed by atoms with Gasteiger partial charge in [-0.15, -0.1) is 12.4 Å². The van der Waals surface area contributed by atoms with E-state index >= 15 is 0 Å². The summed E-state index contributed by atoms with van der Waals surface area (Å²) >= 11 is 0. The van der Waals surface area contributed by atoms with Crippen molar-refractivity contribution in [1.29, 1.82) is 0 Å². The van der Waals surface area contributed by atoms with Gasteiger partial charge in [0.15, 0.2) is 0 Å². The predicted octanol–water partition coefficient (Wildman–Crippen LogP) is 1.42. The molecule has 2 atom stereocenters. The van der Waals surface area contributed by atoms with Crippen LogP contribution >= 0.6 is 12.4 Å². The van der Waals surface area contributed by atoms with E-state index in [0.29, 0.717) is 12.3 Å². The number of ether oxygens (including phenoxy) is 1. The number of carbonyl (C=O) groups is 1. The molecule has 0 saturated carbocycles. The lowest BCUT2D eigenvalue weighted by atomic mass is 10.1. The fraction of sp³-hybridized carbons (Fsp3) is 0.917. The van der Waals surface area contributed by atoms with E-state index in [1.807, 2.05) is 18.7 Å². The van der Waals surface area contributed by atoms with E-state index in [1.165, 1.54) is 0 Å². The Morgan fingerprint density at radius 3 is 2.88 bits per heavy atom. The molecule has 0 bridgehead atoms. The first-order valence-corrected chi connectivity index (χ1v) is 6.24. The van der Waals surface area contributed by atoms with Crippen molar-refractivity contribution < 1.29 is 9.53 Å². The molecule has 102 valence electrons. The van der Waals surface area contributed by atoms with E-state index in [4.69, 9.17) is 10.5 Å². The molecule has 0 aromatic rings. The average Bonchev–Trinajstić information content (AvgIpc) is 2.71. The van der Waals surface area contributed by atoms with Crippen LogP contribution in [0, 0.1) is 5.92 Å². The Hall–Kier alpha value is -0.320. The van der Waals surface area contributed by atoms with Crippen LogP contribution in [0.5, 0.6) is 0 Å². The third-order valence-corrected chi connectivity index (χ3v) is 3.01. The molecular weight excluding hydrogens is 240 g/mol. The SMILES string of the molecule is CCOCC1CCN(C(=O)CCC(C)N)C1.Cl. The van der Waals surface area contributed by atoms with Gasteiger partial charge in [0.05, 0.1) is 6.61 Å². The number of halogens is 1. The fourth-order valence-electron chi connectivity index (χ4n) is 1.99. The number of rotatable bonds is 6. The molecule has 4 nitrogen and oxygen atoms in total. The van der Waals surface area contributed by atoms with Gasteiger partial charge < -0.3 is 15.4 Å². The Morgan fingerprint density at radius 2 is 2.29 bits per heavy atom. The van der Waals surface area contributed by atoms with Gasteiger partial charge in [-0.3, -0.25) is 4.79 Å². The average molecular weight is 265 g/mol. The van der Waals surface area contributed by atoms with Crippen LogP contribution in [-0.2, 0) is 9.53 Å². The highest BCUT2D eigenvalue weighted by atomic mass is 35.5. The second-order valence-electron chi connectivity index (χ2n) is 4.67. The van der Waals surface area contributed by atoms with Gasteiger partial charge in [-0.2, -0.15) is 0 Å². The quantitative estimate of drug-likeness (QED) is 0.790. The lowest BCUT2D eigenvalue weighted by Gasteiger charge is -2.17. The lowest BCUT2D eigenvalue weighted by molar-refractivity contribution is -0.130. The Kier molecular flexibility index (Phi) is 8.56. The number of likely N-dealkylation sites (tertiary alicyclic amines) is 1. The fourth-order valence-corrected chi connectivity index (χ4v) is 1.99. The van der Waals surface area contributed by atoms with Crippen LogP contribution in [0.25, 0.3) is 0 Å². The summed E-state index contributed by atoms with van der Waals surface area (Å²) < 4.78 is 5.39. The van der Waals surface area contributed by atoms with Crippen molar-refractivity contribution >= 4 is 18.3 Å². The molecule has 17 heavy (non-hydrogen) atoms. The zero-order chi connectivity index (χ0) is 12.0. The molecule has 1 amide bonds. The van der Waals surface area contributed by atoms with Gasteiger partial charge in [-0.25, -0.2) is 0 Å². The summed E-state index contributed by atoms with van der Waals surface area (Å²) in [5, 5.41) is 0. The number of amides is 1. The Morgan fingerprint density at radius 1 is 1.59 bits per heavy atom. The third kappa shape index (κ3) is 6.24. The summed E-state index contributed by atoms with van der Waals surface area (Å²) in [4.78, 5) is 13.7. The zero-order valence-corrected chi connectivity index (χ0v) is 11.7. The molecule has 0 radical (unpaired) electrons. The van der Waals surface area contributed by atoms with Crippen LogP contribution < -0.4 is 5.73 Å². The summed E-state index contributed by atoms with van der Waals surface area (Å²) in [7, 11) is 0. The molecule has 2 N–H and O–H groups in total. The first-order chi connectivity index (χ1) is 7.63. The smallest absolute Gasteiger partial charge is 0.222 e. The van der Waals surface area contributed by atoms with Crippen molar-refractivity contribution in [3.05, 3.63) is 0 Å². The minimum absolute atomic E-state index is 0. The first-order valence-electron chi connectivity index (χ1n) is 6.24. The van der Waals surface area contributed by atoms with Crippen molar-refractivity contribution in [2.75, 3.05) is 26.3 Å². The van der Waals surface area contributed by atoms with Gasteiger partial charge in [0, 0.05) is 38.1 Å². The first kappa shape index (κ1) is 16.7. The topological polar surface area (TPSA) is 55.6 Å². The molecule has 1 fully saturated rings. The predicted molar refractivity (Wildman–Crippen MR) is 71.3 cm³/mol.